The summed E-state index contributed by atoms with van der Waals surface area (Å²) in [6.45, 7) is 1.81. The van der Waals surface area contributed by atoms with Crippen LogP contribution >= 0.6 is 15.9 Å². The summed E-state index contributed by atoms with van der Waals surface area (Å²) >= 11 is 3.17. The molecule has 0 heterocycles. The molecule has 0 spiro atoms. The maximum atomic E-state index is 10.4. The van der Waals surface area contributed by atoms with Crippen LogP contribution in [0.4, 0.5) is 4.79 Å². The summed E-state index contributed by atoms with van der Waals surface area (Å²) in [7, 11) is 1.53. The van der Waals surface area contributed by atoms with Crippen LogP contribution in [0.3, 0.4) is 0 Å². The number of rotatable bonds is 2. The number of ether oxygens (including phenoxy) is 1. The molecule has 0 bridgehead atoms. The molecular weight excluding hydrogens is 186 g/mol. The Morgan fingerprint density at radius 1 is 1.89 bits per heavy atom. The SMILES string of the molecule is CNC(=O)OC(C)CBr. The minimum Gasteiger partial charge on any atom is -0.446 e. The molecule has 3 nitrogen and oxygen atoms in total. The van der Waals surface area contributed by atoms with Gasteiger partial charge in [-0.15, -0.1) is 0 Å². The third-order valence-corrected chi connectivity index (χ3v) is 1.64. The van der Waals surface area contributed by atoms with E-state index in [1.54, 1.807) is 0 Å². The molecule has 0 aromatic carbocycles. The average Bonchev–Trinajstić information content (AvgIpc) is 1.87. The van der Waals surface area contributed by atoms with Crippen molar-refractivity contribution in [3.63, 3.8) is 0 Å². The van der Waals surface area contributed by atoms with Gasteiger partial charge in [0.1, 0.15) is 6.10 Å². The van der Waals surface area contributed by atoms with E-state index in [1.807, 2.05) is 6.92 Å². The molecule has 0 aliphatic rings. The largest absolute Gasteiger partial charge is 0.446 e. The molecule has 4 heteroatoms. The number of hydrogen-bond donors (Lipinski definition) is 1. The summed E-state index contributed by atoms with van der Waals surface area (Å²) in [5.74, 6) is 0. The van der Waals surface area contributed by atoms with E-state index in [0.29, 0.717) is 5.33 Å². The minimum absolute atomic E-state index is 0.0649. The van der Waals surface area contributed by atoms with Crippen molar-refractivity contribution in [2.24, 2.45) is 0 Å². The maximum Gasteiger partial charge on any atom is 0.407 e. The van der Waals surface area contributed by atoms with Crippen LogP contribution in [0.2, 0.25) is 0 Å². The lowest BCUT2D eigenvalue weighted by Gasteiger charge is -2.07. The predicted octanol–water partition coefficient (Wildman–Crippen LogP) is 1.13. The monoisotopic (exact) mass is 195 g/mol. The molecule has 0 fully saturated rings. The Kier molecular flexibility index (Phi) is 4.48. The van der Waals surface area contributed by atoms with E-state index < -0.39 is 0 Å². The van der Waals surface area contributed by atoms with Crippen LogP contribution in [0, 0.1) is 0 Å². The van der Waals surface area contributed by atoms with Crippen LogP contribution in [-0.2, 0) is 4.74 Å². The molecule has 1 N–H and O–H groups in total. The molecule has 1 atom stereocenters. The zero-order chi connectivity index (χ0) is 7.28. The summed E-state index contributed by atoms with van der Waals surface area (Å²) in [4.78, 5) is 10.4. The fourth-order valence-electron chi connectivity index (χ4n) is 0.273. The number of carbonyl (C=O) groups excluding carboxylic acids is 1. The highest BCUT2D eigenvalue weighted by Crippen LogP contribution is 1.94. The van der Waals surface area contributed by atoms with Crippen molar-refractivity contribution in [2.75, 3.05) is 12.4 Å². The Bertz CT molecular complexity index is 97.0. The summed E-state index contributed by atoms with van der Waals surface area (Å²) < 4.78 is 4.75. The number of amides is 1. The van der Waals surface area contributed by atoms with Crippen molar-refractivity contribution >= 4 is 22.0 Å². The number of halogens is 1. The fourth-order valence-corrected chi connectivity index (χ4v) is 0.405. The van der Waals surface area contributed by atoms with E-state index in [9.17, 15) is 4.79 Å². The average molecular weight is 196 g/mol. The zero-order valence-electron chi connectivity index (χ0n) is 5.48. The number of hydrogen-bond acceptors (Lipinski definition) is 2. The van der Waals surface area contributed by atoms with Crippen molar-refractivity contribution in [2.45, 2.75) is 13.0 Å². The Hall–Kier alpha value is -0.250. The first kappa shape index (κ1) is 8.75. The van der Waals surface area contributed by atoms with Gasteiger partial charge in [-0.25, -0.2) is 4.79 Å². The first-order valence-electron chi connectivity index (χ1n) is 2.65. The Morgan fingerprint density at radius 3 is 2.78 bits per heavy atom. The van der Waals surface area contributed by atoms with E-state index in [0.717, 1.165) is 0 Å². The van der Waals surface area contributed by atoms with Gasteiger partial charge in [-0.3, -0.25) is 0 Å². The van der Waals surface area contributed by atoms with Crippen molar-refractivity contribution in [3.8, 4) is 0 Å². The second-order valence-corrected chi connectivity index (χ2v) is 2.27. The lowest BCUT2D eigenvalue weighted by Crippen LogP contribution is -2.24. The smallest absolute Gasteiger partial charge is 0.407 e. The van der Waals surface area contributed by atoms with E-state index in [4.69, 9.17) is 4.74 Å². The van der Waals surface area contributed by atoms with Gasteiger partial charge in [0, 0.05) is 12.4 Å². The molecule has 0 aliphatic carbocycles. The standard InChI is InChI=1S/C5H10BrNO2/c1-4(3-6)9-5(8)7-2/h4H,3H2,1-2H3,(H,7,8). The second-order valence-electron chi connectivity index (χ2n) is 1.62. The molecule has 0 saturated carbocycles. The Labute approximate surface area is 62.9 Å². The van der Waals surface area contributed by atoms with Crippen LogP contribution < -0.4 is 5.32 Å². The second kappa shape index (κ2) is 4.61. The normalized spacial score (nSPS) is 12.3. The lowest BCUT2D eigenvalue weighted by atomic mass is 10.5. The van der Waals surface area contributed by atoms with E-state index in [-0.39, 0.29) is 12.2 Å². The van der Waals surface area contributed by atoms with Gasteiger partial charge in [-0.2, -0.15) is 0 Å². The first-order valence-corrected chi connectivity index (χ1v) is 3.77. The zero-order valence-corrected chi connectivity index (χ0v) is 7.06. The van der Waals surface area contributed by atoms with Gasteiger partial charge in [0.05, 0.1) is 0 Å². The first-order chi connectivity index (χ1) is 4.20. The molecule has 9 heavy (non-hydrogen) atoms. The van der Waals surface area contributed by atoms with Crippen LogP contribution in [0.15, 0.2) is 0 Å². The van der Waals surface area contributed by atoms with Gasteiger partial charge in [0.25, 0.3) is 0 Å². The maximum absolute atomic E-state index is 10.4. The van der Waals surface area contributed by atoms with E-state index >= 15 is 0 Å². The number of alkyl halides is 1. The highest BCUT2D eigenvalue weighted by molar-refractivity contribution is 9.09. The van der Waals surface area contributed by atoms with Gasteiger partial charge in [-0.1, -0.05) is 15.9 Å². The minimum atomic E-state index is -0.387. The predicted molar refractivity (Wildman–Crippen MR) is 38.8 cm³/mol. The molecule has 0 radical (unpaired) electrons. The van der Waals surface area contributed by atoms with Crippen molar-refractivity contribution in [1.29, 1.82) is 0 Å². The molecule has 0 rings (SSSR count). The van der Waals surface area contributed by atoms with E-state index in [1.165, 1.54) is 7.05 Å². The molecule has 54 valence electrons. The molecule has 0 saturated heterocycles. The number of alkyl carbamates (subject to hydrolysis) is 1. The topological polar surface area (TPSA) is 38.3 Å². The summed E-state index contributed by atoms with van der Waals surface area (Å²) in [6, 6.07) is 0. The molecule has 0 aliphatic heterocycles. The highest BCUT2D eigenvalue weighted by atomic mass is 79.9. The van der Waals surface area contributed by atoms with Crippen LogP contribution in [0.5, 0.6) is 0 Å². The Morgan fingerprint density at radius 2 is 2.44 bits per heavy atom. The van der Waals surface area contributed by atoms with Crippen LogP contribution in [-0.4, -0.2) is 24.6 Å². The van der Waals surface area contributed by atoms with Gasteiger partial charge in [0.2, 0.25) is 0 Å². The highest BCUT2D eigenvalue weighted by Gasteiger charge is 2.03. The lowest BCUT2D eigenvalue weighted by molar-refractivity contribution is 0.120. The number of nitrogens with one attached hydrogen (secondary N) is 1. The summed E-state index contributed by atoms with van der Waals surface area (Å²) in [6.07, 6.45) is -0.452. The van der Waals surface area contributed by atoms with Crippen molar-refractivity contribution in [3.05, 3.63) is 0 Å². The molecule has 0 aromatic rings. The quantitative estimate of drug-likeness (QED) is 0.672. The molecule has 0 aromatic heterocycles. The third kappa shape index (κ3) is 4.27. The summed E-state index contributed by atoms with van der Waals surface area (Å²) in [5, 5.41) is 3.02. The van der Waals surface area contributed by atoms with Crippen LogP contribution in [0.1, 0.15) is 6.92 Å². The van der Waals surface area contributed by atoms with E-state index in [2.05, 4.69) is 21.2 Å². The van der Waals surface area contributed by atoms with Crippen molar-refractivity contribution in [1.82, 2.24) is 5.32 Å². The fraction of sp³-hybridized carbons (Fsp3) is 0.800. The van der Waals surface area contributed by atoms with Crippen molar-refractivity contribution < 1.29 is 9.53 Å². The summed E-state index contributed by atoms with van der Waals surface area (Å²) in [5.41, 5.74) is 0. The number of carbonyl (C=O) groups is 1. The van der Waals surface area contributed by atoms with Gasteiger partial charge in [-0.05, 0) is 6.92 Å². The molecule has 1 unspecified atom stereocenters. The van der Waals surface area contributed by atoms with Gasteiger partial charge < -0.3 is 10.1 Å². The molecule has 1 amide bonds. The third-order valence-electron chi connectivity index (χ3n) is 0.730. The van der Waals surface area contributed by atoms with Gasteiger partial charge in [0.15, 0.2) is 0 Å². The van der Waals surface area contributed by atoms with Gasteiger partial charge >= 0.3 is 6.09 Å². The molecular formula is C5H10BrNO2. The Balaban J connectivity index is 3.34. The van der Waals surface area contributed by atoms with Crippen LogP contribution in [0.25, 0.3) is 0 Å².